The van der Waals surface area contributed by atoms with Gasteiger partial charge in [-0.15, -0.1) is 9.19 Å². The predicted octanol–water partition coefficient (Wildman–Crippen LogP) is 1.47. The van der Waals surface area contributed by atoms with Gasteiger partial charge in [0.2, 0.25) is 5.95 Å². The lowest BCUT2D eigenvalue weighted by molar-refractivity contribution is 0.581. The van der Waals surface area contributed by atoms with Gasteiger partial charge in [0, 0.05) is 18.0 Å². The molecule has 0 spiro atoms. The van der Waals surface area contributed by atoms with Gasteiger partial charge < -0.3 is 5.73 Å². The summed E-state index contributed by atoms with van der Waals surface area (Å²) in [6.07, 6.45) is 3.14. The molecule has 3 rings (SSSR count). The Morgan fingerprint density at radius 2 is 1.68 bits per heavy atom. The number of nitrogens with two attached hydrogens (primary N) is 1. The van der Waals surface area contributed by atoms with Gasteiger partial charge in [0.15, 0.2) is 5.82 Å². The number of hydrogen-bond acceptors (Lipinski definition) is 6. The summed E-state index contributed by atoms with van der Waals surface area (Å²) in [6, 6.07) is 9.80. The monoisotopic (exact) mass is 315 g/mol. The minimum Gasteiger partial charge on any atom is -0.367 e. The van der Waals surface area contributed by atoms with Gasteiger partial charge >= 0.3 is 0 Å². The van der Waals surface area contributed by atoms with Gasteiger partial charge in [0.25, 0.3) is 10.0 Å². The van der Waals surface area contributed by atoms with Gasteiger partial charge in [-0.25, -0.2) is 0 Å². The van der Waals surface area contributed by atoms with Crippen LogP contribution in [0.5, 0.6) is 0 Å². The quantitative estimate of drug-likeness (QED) is 0.785. The minimum absolute atomic E-state index is 0.107. The van der Waals surface area contributed by atoms with E-state index in [1.807, 2.05) is 6.92 Å². The Labute approximate surface area is 127 Å². The van der Waals surface area contributed by atoms with E-state index in [1.165, 1.54) is 12.1 Å². The molecule has 0 unspecified atom stereocenters. The predicted molar refractivity (Wildman–Crippen MR) is 81.4 cm³/mol. The largest absolute Gasteiger partial charge is 0.367 e. The van der Waals surface area contributed by atoms with Crippen molar-refractivity contribution in [2.45, 2.75) is 11.8 Å². The first-order valence-electron chi connectivity index (χ1n) is 6.43. The lowest BCUT2D eigenvalue weighted by Gasteiger charge is -2.05. The van der Waals surface area contributed by atoms with E-state index in [-0.39, 0.29) is 16.7 Å². The van der Waals surface area contributed by atoms with Crippen molar-refractivity contribution >= 4 is 16.0 Å². The van der Waals surface area contributed by atoms with Gasteiger partial charge in [0.05, 0.1) is 4.90 Å². The molecule has 0 bridgehead atoms. The Hall–Kier alpha value is -2.74. The van der Waals surface area contributed by atoms with E-state index in [9.17, 15) is 8.42 Å². The molecule has 2 heterocycles. The molecule has 0 fully saturated rings. The average Bonchev–Trinajstić information content (AvgIpc) is 2.91. The van der Waals surface area contributed by atoms with Crippen molar-refractivity contribution in [1.29, 1.82) is 0 Å². The molecule has 2 aromatic heterocycles. The van der Waals surface area contributed by atoms with Crippen molar-refractivity contribution in [3.8, 4) is 11.4 Å². The first kappa shape index (κ1) is 14.2. The fraction of sp³-hybridized carbons (Fsp3) is 0.0714. The summed E-state index contributed by atoms with van der Waals surface area (Å²) in [5.41, 5.74) is 7.33. The highest BCUT2D eigenvalue weighted by Gasteiger charge is 2.23. The fourth-order valence-corrected chi connectivity index (χ4v) is 3.07. The topological polar surface area (TPSA) is 104 Å². The molecular formula is C14H13N5O2S. The second-order valence-electron chi connectivity index (χ2n) is 4.69. The average molecular weight is 315 g/mol. The molecule has 2 N–H and O–H groups in total. The number of pyridine rings is 1. The highest BCUT2D eigenvalue weighted by molar-refractivity contribution is 7.90. The molecule has 0 atom stereocenters. The van der Waals surface area contributed by atoms with Crippen LogP contribution in [0.15, 0.2) is 53.7 Å². The highest BCUT2D eigenvalue weighted by atomic mass is 32.2. The van der Waals surface area contributed by atoms with Crippen molar-refractivity contribution in [3.05, 3.63) is 54.4 Å². The standard InChI is InChI=1S/C14H13N5O2S/c1-10-2-4-12(5-3-10)22(20,21)19-14(15)17-13(18-19)11-6-8-16-9-7-11/h2-9H,1H3,(H2,15,17,18). The van der Waals surface area contributed by atoms with E-state index in [0.29, 0.717) is 5.56 Å². The van der Waals surface area contributed by atoms with Crippen molar-refractivity contribution < 1.29 is 8.42 Å². The second kappa shape index (κ2) is 5.23. The molecule has 0 saturated heterocycles. The van der Waals surface area contributed by atoms with Crippen LogP contribution in [0.3, 0.4) is 0 Å². The van der Waals surface area contributed by atoms with Gasteiger partial charge in [0.1, 0.15) is 0 Å². The van der Waals surface area contributed by atoms with Crippen LogP contribution in [-0.4, -0.2) is 27.6 Å². The molecule has 0 radical (unpaired) electrons. The van der Waals surface area contributed by atoms with Crippen molar-refractivity contribution in [3.63, 3.8) is 0 Å². The van der Waals surface area contributed by atoms with Gasteiger partial charge in [-0.2, -0.15) is 13.4 Å². The maximum Gasteiger partial charge on any atom is 0.286 e. The summed E-state index contributed by atoms with van der Waals surface area (Å²) in [7, 11) is -3.87. The number of nitrogen functional groups attached to an aromatic ring is 1. The third-order valence-electron chi connectivity index (χ3n) is 3.09. The lowest BCUT2D eigenvalue weighted by atomic mass is 10.2. The molecule has 22 heavy (non-hydrogen) atoms. The Morgan fingerprint density at radius 3 is 2.32 bits per heavy atom. The highest BCUT2D eigenvalue weighted by Crippen LogP contribution is 2.20. The third-order valence-corrected chi connectivity index (χ3v) is 4.68. The normalized spacial score (nSPS) is 11.5. The number of aryl methyl sites for hydroxylation is 1. The molecule has 0 saturated carbocycles. The molecule has 112 valence electrons. The first-order valence-corrected chi connectivity index (χ1v) is 7.87. The molecule has 0 aliphatic heterocycles. The third kappa shape index (κ3) is 2.44. The summed E-state index contributed by atoms with van der Waals surface area (Å²) in [5, 5.41) is 4.02. The second-order valence-corrected chi connectivity index (χ2v) is 6.46. The minimum atomic E-state index is -3.87. The number of aromatic nitrogens is 4. The van der Waals surface area contributed by atoms with E-state index < -0.39 is 10.0 Å². The number of hydrogen-bond donors (Lipinski definition) is 1. The summed E-state index contributed by atoms with van der Waals surface area (Å²) < 4.78 is 25.9. The molecule has 0 aliphatic carbocycles. The molecule has 1 aromatic carbocycles. The van der Waals surface area contributed by atoms with Crippen molar-refractivity contribution in [2.75, 3.05) is 5.73 Å². The van der Waals surface area contributed by atoms with Crippen LogP contribution < -0.4 is 5.73 Å². The Morgan fingerprint density at radius 1 is 1.05 bits per heavy atom. The Balaban J connectivity index is 2.09. The maximum atomic E-state index is 12.6. The Kier molecular flexibility index (Phi) is 3.38. The molecular weight excluding hydrogens is 302 g/mol. The zero-order valence-electron chi connectivity index (χ0n) is 11.7. The van der Waals surface area contributed by atoms with E-state index in [0.717, 1.165) is 9.65 Å². The zero-order chi connectivity index (χ0) is 15.7. The molecule has 3 aromatic rings. The van der Waals surface area contributed by atoms with Gasteiger partial charge in [-0.3, -0.25) is 4.98 Å². The fourth-order valence-electron chi connectivity index (χ4n) is 1.92. The van der Waals surface area contributed by atoms with Crippen LogP contribution >= 0.6 is 0 Å². The molecule has 0 amide bonds. The number of nitrogens with zero attached hydrogens (tertiary/aromatic N) is 4. The van der Waals surface area contributed by atoms with E-state index >= 15 is 0 Å². The van der Waals surface area contributed by atoms with Crippen molar-refractivity contribution in [2.24, 2.45) is 0 Å². The summed E-state index contributed by atoms with van der Waals surface area (Å²) in [5.74, 6) is 0.0444. The SMILES string of the molecule is Cc1ccc(S(=O)(=O)n2nc(-c3ccncc3)nc2N)cc1. The van der Waals surface area contributed by atoms with E-state index in [4.69, 9.17) is 5.73 Å². The van der Waals surface area contributed by atoms with Crippen LogP contribution in [0, 0.1) is 6.92 Å². The van der Waals surface area contributed by atoms with Crippen LogP contribution in [0.2, 0.25) is 0 Å². The summed E-state index contributed by atoms with van der Waals surface area (Å²) in [4.78, 5) is 8.01. The lowest BCUT2D eigenvalue weighted by Crippen LogP contribution is -2.17. The van der Waals surface area contributed by atoms with Crippen LogP contribution in [0.1, 0.15) is 5.56 Å². The van der Waals surface area contributed by atoms with E-state index in [1.54, 1.807) is 36.7 Å². The Bertz CT molecular complexity index is 902. The number of anilines is 1. The number of benzene rings is 1. The molecule has 7 nitrogen and oxygen atoms in total. The molecule has 8 heteroatoms. The molecule has 0 aliphatic rings. The van der Waals surface area contributed by atoms with E-state index in [2.05, 4.69) is 15.1 Å². The summed E-state index contributed by atoms with van der Waals surface area (Å²) in [6.45, 7) is 1.88. The van der Waals surface area contributed by atoms with Gasteiger partial charge in [-0.05, 0) is 31.2 Å². The van der Waals surface area contributed by atoms with Crippen LogP contribution in [0.4, 0.5) is 5.95 Å². The van der Waals surface area contributed by atoms with Crippen LogP contribution in [0.25, 0.3) is 11.4 Å². The van der Waals surface area contributed by atoms with Crippen molar-refractivity contribution in [1.82, 2.24) is 19.2 Å². The maximum absolute atomic E-state index is 12.6. The van der Waals surface area contributed by atoms with Crippen LogP contribution in [-0.2, 0) is 10.0 Å². The summed E-state index contributed by atoms with van der Waals surface area (Å²) >= 11 is 0. The van der Waals surface area contributed by atoms with Gasteiger partial charge in [-0.1, -0.05) is 17.7 Å². The smallest absolute Gasteiger partial charge is 0.286 e. The number of rotatable bonds is 3. The zero-order valence-corrected chi connectivity index (χ0v) is 12.5. The first-order chi connectivity index (χ1) is 10.5.